The number of benzene rings is 1. The Bertz CT molecular complexity index is 1370. The maximum absolute atomic E-state index is 13.2. The van der Waals surface area contributed by atoms with Crippen molar-refractivity contribution in [1.82, 2.24) is 28.5 Å². The SMILES string of the molecule is CS(=O)(=O)n1ccc2cc(C(=O)N3CCC[C@H](c4ccnc5ncnn45)C3)ccc21. The van der Waals surface area contributed by atoms with Crippen LogP contribution in [0.3, 0.4) is 0 Å². The lowest BCUT2D eigenvalue weighted by atomic mass is 9.94. The summed E-state index contributed by atoms with van der Waals surface area (Å²) < 4.78 is 26.7. The van der Waals surface area contributed by atoms with E-state index < -0.39 is 10.0 Å². The summed E-state index contributed by atoms with van der Waals surface area (Å²) in [5.41, 5.74) is 2.11. The lowest BCUT2D eigenvalue weighted by Crippen LogP contribution is -2.39. The zero-order valence-corrected chi connectivity index (χ0v) is 17.2. The average molecular weight is 424 g/mol. The molecule has 0 aliphatic carbocycles. The van der Waals surface area contributed by atoms with E-state index in [0.717, 1.165) is 30.2 Å². The topological polar surface area (TPSA) is 102 Å². The van der Waals surface area contributed by atoms with E-state index in [-0.39, 0.29) is 11.8 Å². The van der Waals surface area contributed by atoms with Crippen LogP contribution in [0.2, 0.25) is 0 Å². The average Bonchev–Trinajstić information content (AvgIpc) is 3.39. The predicted octanol–water partition coefficient (Wildman–Crippen LogP) is 1.91. The fourth-order valence-electron chi connectivity index (χ4n) is 4.19. The van der Waals surface area contributed by atoms with Gasteiger partial charge in [-0.3, -0.25) is 4.79 Å². The molecule has 1 atom stereocenters. The molecule has 1 fully saturated rings. The van der Waals surface area contributed by atoms with Crippen molar-refractivity contribution >= 4 is 32.6 Å². The van der Waals surface area contributed by atoms with E-state index in [9.17, 15) is 13.2 Å². The quantitative estimate of drug-likeness (QED) is 0.498. The lowest BCUT2D eigenvalue weighted by molar-refractivity contribution is 0.0705. The van der Waals surface area contributed by atoms with Gasteiger partial charge in [0, 0.05) is 42.4 Å². The van der Waals surface area contributed by atoms with Crippen LogP contribution in [-0.4, -0.2) is 62.1 Å². The smallest absolute Gasteiger partial charge is 0.253 e. The minimum absolute atomic E-state index is 0.0578. The van der Waals surface area contributed by atoms with Gasteiger partial charge in [0.25, 0.3) is 11.7 Å². The molecule has 3 aromatic heterocycles. The summed E-state index contributed by atoms with van der Waals surface area (Å²) in [6.07, 6.45) is 7.72. The Labute approximate surface area is 173 Å². The Morgan fingerprint density at radius 2 is 2.03 bits per heavy atom. The maximum Gasteiger partial charge on any atom is 0.253 e. The Morgan fingerprint density at radius 3 is 2.87 bits per heavy atom. The number of hydrogen-bond donors (Lipinski definition) is 0. The Balaban J connectivity index is 1.43. The Morgan fingerprint density at radius 1 is 1.17 bits per heavy atom. The zero-order valence-electron chi connectivity index (χ0n) is 16.3. The van der Waals surface area contributed by atoms with Gasteiger partial charge in [-0.1, -0.05) is 0 Å². The van der Waals surface area contributed by atoms with Gasteiger partial charge in [-0.2, -0.15) is 10.1 Å². The summed E-state index contributed by atoms with van der Waals surface area (Å²) in [5.74, 6) is 0.638. The van der Waals surface area contributed by atoms with Crippen molar-refractivity contribution in [1.29, 1.82) is 0 Å². The van der Waals surface area contributed by atoms with Crippen LogP contribution >= 0.6 is 0 Å². The van der Waals surface area contributed by atoms with Gasteiger partial charge in [0.15, 0.2) is 0 Å². The summed E-state index contributed by atoms with van der Waals surface area (Å²) in [7, 11) is -3.39. The fourth-order valence-corrected chi connectivity index (χ4v) is 5.00. The summed E-state index contributed by atoms with van der Waals surface area (Å²) >= 11 is 0. The number of piperidine rings is 1. The van der Waals surface area contributed by atoms with Crippen molar-refractivity contribution in [2.24, 2.45) is 0 Å². The molecule has 0 radical (unpaired) electrons. The van der Waals surface area contributed by atoms with Crippen LogP contribution in [0.5, 0.6) is 0 Å². The number of aromatic nitrogens is 5. The number of fused-ring (bicyclic) bond motifs is 2. The number of rotatable bonds is 3. The molecule has 1 amide bonds. The summed E-state index contributed by atoms with van der Waals surface area (Å²) in [4.78, 5) is 23.4. The van der Waals surface area contributed by atoms with Crippen molar-refractivity contribution in [2.75, 3.05) is 19.3 Å². The Kier molecular flexibility index (Phi) is 4.31. The molecule has 30 heavy (non-hydrogen) atoms. The van der Waals surface area contributed by atoms with Crippen molar-refractivity contribution in [2.45, 2.75) is 18.8 Å². The second kappa shape index (κ2) is 6.91. The molecule has 4 aromatic rings. The first-order chi connectivity index (χ1) is 14.4. The molecule has 9 nitrogen and oxygen atoms in total. The van der Waals surface area contributed by atoms with Crippen LogP contribution in [-0.2, 0) is 10.0 Å². The van der Waals surface area contributed by atoms with Gasteiger partial charge in [0.1, 0.15) is 6.33 Å². The lowest BCUT2D eigenvalue weighted by Gasteiger charge is -2.33. The van der Waals surface area contributed by atoms with E-state index in [0.29, 0.717) is 29.9 Å². The van der Waals surface area contributed by atoms with Gasteiger partial charge in [0.2, 0.25) is 10.0 Å². The number of likely N-dealkylation sites (tertiary alicyclic amines) is 1. The fraction of sp³-hybridized carbons (Fsp3) is 0.300. The van der Waals surface area contributed by atoms with Gasteiger partial charge in [0.05, 0.1) is 17.5 Å². The van der Waals surface area contributed by atoms with E-state index in [2.05, 4.69) is 15.1 Å². The third-order valence-electron chi connectivity index (χ3n) is 5.60. The molecule has 0 N–H and O–H groups in total. The first-order valence-corrected chi connectivity index (χ1v) is 11.5. The number of nitrogens with zero attached hydrogens (tertiary/aromatic N) is 6. The standard InChI is InChI=1S/C20H20N6O3S/c1-30(28,29)25-10-7-14-11-15(4-5-17(14)25)19(27)24-9-2-3-16(12-24)18-6-8-21-20-22-13-23-26(18)20/h4-8,10-11,13,16H,2-3,9,12H2,1H3/t16-/m0/s1. The minimum Gasteiger partial charge on any atom is -0.338 e. The monoisotopic (exact) mass is 424 g/mol. The molecule has 0 bridgehead atoms. The van der Waals surface area contributed by atoms with Crippen molar-refractivity contribution in [3.8, 4) is 0 Å². The highest BCUT2D eigenvalue weighted by Gasteiger charge is 2.27. The highest BCUT2D eigenvalue weighted by molar-refractivity contribution is 7.89. The first kappa shape index (κ1) is 18.7. The highest BCUT2D eigenvalue weighted by Crippen LogP contribution is 2.28. The molecule has 4 heterocycles. The highest BCUT2D eigenvalue weighted by atomic mass is 32.2. The molecule has 0 unspecified atom stereocenters. The number of carbonyl (C=O) groups excluding carboxylic acids is 1. The molecule has 1 aliphatic heterocycles. The number of carbonyl (C=O) groups is 1. The normalized spacial score (nSPS) is 17.6. The molecule has 0 spiro atoms. The van der Waals surface area contributed by atoms with E-state index in [1.807, 2.05) is 11.0 Å². The molecular weight excluding hydrogens is 404 g/mol. The Hall–Kier alpha value is -3.27. The zero-order chi connectivity index (χ0) is 20.9. The van der Waals surface area contributed by atoms with Crippen LogP contribution < -0.4 is 0 Å². The molecule has 1 saturated heterocycles. The second-order valence-electron chi connectivity index (χ2n) is 7.58. The van der Waals surface area contributed by atoms with Crippen molar-refractivity contribution < 1.29 is 13.2 Å². The van der Waals surface area contributed by atoms with Gasteiger partial charge >= 0.3 is 0 Å². The summed E-state index contributed by atoms with van der Waals surface area (Å²) in [5, 5.41) is 4.99. The third-order valence-corrected chi connectivity index (χ3v) is 6.63. The molecular formula is C20H20N6O3S. The molecule has 5 rings (SSSR count). The van der Waals surface area contributed by atoms with Gasteiger partial charge in [-0.25, -0.2) is 21.9 Å². The second-order valence-corrected chi connectivity index (χ2v) is 9.44. The number of amides is 1. The van der Waals surface area contributed by atoms with Crippen LogP contribution in [0.4, 0.5) is 0 Å². The van der Waals surface area contributed by atoms with E-state index in [1.54, 1.807) is 35.0 Å². The van der Waals surface area contributed by atoms with Crippen molar-refractivity contribution in [3.05, 3.63) is 60.3 Å². The summed E-state index contributed by atoms with van der Waals surface area (Å²) in [6.45, 7) is 1.27. The van der Waals surface area contributed by atoms with E-state index >= 15 is 0 Å². The number of hydrogen-bond acceptors (Lipinski definition) is 6. The molecule has 10 heteroatoms. The maximum atomic E-state index is 13.2. The largest absolute Gasteiger partial charge is 0.338 e. The van der Waals surface area contributed by atoms with Crippen molar-refractivity contribution in [3.63, 3.8) is 0 Å². The van der Waals surface area contributed by atoms with Crippen LogP contribution in [0.15, 0.2) is 49.1 Å². The molecule has 1 aromatic carbocycles. The van der Waals surface area contributed by atoms with Crippen LogP contribution in [0, 0.1) is 0 Å². The molecule has 0 saturated carbocycles. The van der Waals surface area contributed by atoms with Gasteiger partial charge in [-0.15, -0.1) is 0 Å². The van der Waals surface area contributed by atoms with E-state index in [4.69, 9.17) is 0 Å². The third kappa shape index (κ3) is 3.13. The van der Waals surface area contributed by atoms with Crippen LogP contribution in [0.1, 0.15) is 34.8 Å². The predicted molar refractivity (Wildman–Crippen MR) is 111 cm³/mol. The van der Waals surface area contributed by atoms with Gasteiger partial charge in [-0.05, 0) is 43.2 Å². The molecule has 154 valence electrons. The molecule has 1 aliphatic rings. The minimum atomic E-state index is -3.39. The van der Waals surface area contributed by atoms with Crippen LogP contribution in [0.25, 0.3) is 16.7 Å². The van der Waals surface area contributed by atoms with E-state index in [1.165, 1.54) is 16.5 Å². The first-order valence-electron chi connectivity index (χ1n) is 9.67. The summed E-state index contributed by atoms with van der Waals surface area (Å²) in [6, 6.07) is 8.78. The van der Waals surface area contributed by atoms with Gasteiger partial charge < -0.3 is 4.90 Å².